The van der Waals surface area contributed by atoms with E-state index >= 15 is 0 Å². The standard InChI is InChI=1S/C13H27N3O2.2ClH/c1-16(10-11-18-2)9-5-8-15-13(17)12-6-3-4-7-14-12;;/h12,14H,3-11H2,1-2H3,(H,15,17);2*1H/t12-;;/m1../s1. The van der Waals surface area contributed by atoms with Crippen LogP contribution in [0.15, 0.2) is 0 Å². The highest BCUT2D eigenvalue weighted by Gasteiger charge is 2.19. The van der Waals surface area contributed by atoms with Gasteiger partial charge in [-0.25, -0.2) is 0 Å². The number of nitrogens with one attached hydrogen (secondary N) is 2. The van der Waals surface area contributed by atoms with E-state index in [0.717, 1.165) is 52.0 Å². The van der Waals surface area contributed by atoms with Crippen molar-refractivity contribution in [2.45, 2.75) is 31.7 Å². The van der Waals surface area contributed by atoms with E-state index < -0.39 is 0 Å². The summed E-state index contributed by atoms with van der Waals surface area (Å²) in [6.45, 7) is 4.41. The third kappa shape index (κ3) is 9.77. The van der Waals surface area contributed by atoms with Crippen molar-refractivity contribution in [1.82, 2.24) is 15.5 Å². The van der Waals surface area contributed by atoms with E-state index in [2.05, 4.69) is 22.6 Å². The van der Waals surface area contributed by atoms with Gasteiger partial charge in [0.05, 0.1) is 12.6 Å². The zero-order valence-electron chi connectivity index (χ0n) is 12.5. The molecule has 0 aromatic carbocycles. The Morgan fingerprint density at radius 1 is 1.35 bits per heavy atom. The van der Waals surface area contributed by atoms with Crippen LogP contribution < -0.4 is 10.6 Å². The van der Waals surface area contributed by atoms with Crippen molar-refractivity contribution in [2.24, 2.45) is 0 Å². The lowest BCUT2D eigenvalue weighted by molar-refractivity contribution is -0.123. The minimum absolute atomic E-state index is 0. The van der Waals surface area contributed by atoms with E-state index in [-0.39, 0.29) is 36.8 Å². The molecule has 0 unspecified atom stereocenters. The third-order valence-corrected chi connectivity index (χ3v) is 3.32. The Bertz CT molecular complexity index is 240. The Balaban J connectivity index is 0. The first-order chi connectivity index (χ1) is 8.74. The molecular weight excluding hydrogens is 301 g/mol. The number of rotatable bonds is 8. The first-order valence-corrected chi connectivity index (χ1v) is 6.92. The number of hydrogen-bond acceptors (Lipinski definition) is 4. The summed E-state index contributed by atoms with van der Waals surface area (Å²) < 4.78 is 5.02. The van der Waals surface area contributed by atoms with E-state index in [9.17, 15) is 4.79 Å². The SMILES string of the molecule is COCCN(C)CCCNC(=O)[C@H]1CCCCN1.Cl.Cl. The maximum Gasteiger partial charge on any atom is 0.237 e. The maximum atomic E-state index is 11.8. The summed E-state index contributed by atoms with van der Waals surface area (Å²) in [6, 6.07) is 0.0324. The molecule has 0 aromatic rings. The molecule has 1 heterocycles. The Morgan fingerprint density at radius 3 is 2.70 bits per heavy atom. The summed E-state index contributed by atoms with van der Waals surface area (Å²) in [4.78, 5) is 14.0. The number of halogens is 2. The third-order valence-electron chi connectivity index (χ3n) is 3.32. The highest BCUT2D eigenvalue weighted by atomic mass is 35.5. The molecule has 1 aliphatic heterocycles. The molecule has 0 saturated carbocycles. The van der Waals surface area contributed by atoms with Gasteiger partial charge in [-0.3, -0.25) is 4.79 Å². The fraction of sp³-hybridized carbons (Fsp3) is 0.923. The van der Waals surface area contributed by atoms with Gasteiger partial charge in [-0.05, 0) is 39.4 Å². The van der Waals surface area contributed by atoms with E-state index in [0.29, 0.717) is 0 Å². The summed E-state index contributed by atoms with van der Waals surface area (Å²) in [7, 11) is 3.79. The van der Waals surface area contributed by atoms with Crippen LogP contribution >= 0.6 is 24.8 Å². The first kappa shape index (κ1) is 22.2. The van der Waals surface area contributed by atoms with E-state index in [4.69, 9.17) is 4.74 Å². The molecule has 1 atom stereocenters. The van der Waals surface area contributed by atoms with Crippen molar-refractivity contribution in [1.29, 1.82) is 0 Å². The minimum Gasteiger partial charge on any atom is -0.383 e. The molecule has 2 N–H and O–H groups in total. The molecule has 1 fully saturated rings. The molecule has 1 amide bonds. The smallest absolute Gasteiger partial charge is 0.237 e. The molecule has 0 spiro atoms. The van der Waals surface area contributed by atoms with Crippen LogP contribution in [0.1, 0.15) is 25.7 Å². The van der Waals surface area contributed by atoms with Gasteiger partial charge in [-0.2, -0.15) is 0 Å². The Morgan fingerprint density at radius 2 is 2.10 bits per heavy atom. The van der Waals surface area contributed by atoms with Crippen molar-refractivity contribution >= 4 is 30.7 Å². The highest BCUT2D eigenvalue weighted by Crippen LogP contribution is 2.06. The number of nitrogens with zero attached hydrogens (tertiary/aromatic N) is 1. The van der Waals surface area contributed by atoms with Gasteiger partial charge >= 0.3 is 0 Å². The van der Waals surface area contributed by atoms with Crippen molar-refractivity contribution in [3.63, 3.8) is 0 Å². The topological polar surface area (TPSA) is 53.6 Å². The zero-order valence-corrected chi connectivity index (χ0v) is 14.2. The predicted molar refractivity (Wildman–Crippen MR) is 87.1 cm³/mol. The van der Waals surface area contributed by atoms with Gasteiger partial charge in [-0.15, -0.1) is 24.8 Å². The fourth-order valence-corrected chi connectivity index (χ4v) is 2.12. The quantitative estimate of drug-likeness (QED) is 0.654. The number of carbonyl (C=O) groups is 1. The number of piperidine rings is 1. The first-order valence-electron chi connectivity index (χ1n) is 6.92. The van der Waals surface area contributed by atoms with Crippen molar-refractivity contribution in [2.75, 3.05) is 46.9 Å². The van der Waals surface area contributed by atoms with Crippen LogP contribution in [0.25, 0.3) is 0 Å². The molecule has 0 radical (unpaired) electrons. The van der Waals surface area contributed by atoms with E-state index in [1.165, 1.54) is 6.42 Å². The van der Waals surface area contributed by atoms with Crippen molar-refractivity contribution in [3.05, 3.63) is 0 Å². The molecule has 1 rings (SSSR count). The highest BCUT2D eigenvalue weighted by molar-refractivity contribution is 5.85. The average molecular weight is 330 g/mol. The van der Waals surface area contributed by atoms with Crippen LogP contribution in [0, 0.1) is 0 Å². The van der Waals surface area contributed by atoms with Gasteiger partial charge < -0.3 is 20.3 Å². The molecule has 0 aliphatic carbocycles. The van der Waals surface area contributed by atoms with Crippen LogP contribution in [0.2, 0.25) is 0 Å². The van der Waals surface area contributed by atoms with Crippen LogP contribution in [0.5, 0.6) is 0 Å². The molecule has 122 valence electrons. The monoisotopic (exact) mass is 329 g/mol. The molecule has 0 aromatic heterocycles. The summed E-state index contributed by atoms with van der Waals surface area (Å²) >= 11 is 0. The number of carbonyl (C=O) groups excluding carboxylic acids is 1. The predicted octanol–water partition coefficient (Wildman–Crippen LogP) is 1.06. The van der Waals surface area contributed by atoms with Gasteiger partial charge in [0.1, 0.15) is 0 Å². The minimum atomic E-state index is 0. The molecule has 5 nitrogen and oxygen atoms in total. The van der Waals surface area contributed by atoms with E-state index in [1.54, 1.807) is 7.11 Å². The van der Waals surface area contributed by atoms with Crippen LogP contribution in [0.3, 0.4) is 0 Å². The lowest BCUT2D eigenvalue weighted by Crippen LogP contribution is -2.47. The van der Waals surface area contributed by atoms with Crippen molar-refractivity contribution < 1.29 is 9.53 Å². The number of likely N-dealkylation sites (N-methyl/N-ethyl adjacent to an activating group) is 1. The number of ether oxygens (including phenoxy) is 1. The van der Waals surface area contributed by atoms with Crippen LogP contribution in [-0.2, 0) is 9.53 Å². The average Bonchev–Trinajstić information content (AvgIpc) is 2.42. The lowest BCUT2D eigenvalue weighted by Gasteiger charge is -2.22. The maximum absolute atomic E-state index is 11.8. The van der Waals surface area contributed by atoms with Gasteiger partial charge in [-0.1, -0.05) is 6.42 Å². The summed E-state index contributed by atoms with van der Waals surface area (Å²) in [5.74, 6) is 0.161. The number of methoxy groups -OCH3 is 1. The number of amides is 1. The number of hydrogen-bond donors (Lipinski definition) is 2. The van der Waals surface area contributed by atoms with Crippen molar-refractivity contribution in [3.8, 4) is 0 Å². The Kier molecular flexibility index (Phi) is 15.4. The lowest BCUT2D eigenvalue weighted by atomic mass is 10.0. The summed E-state index contributed by atoms with van der Waals surface area (Å²) in [6.07, 6.45) is 4.30. The second-order valence-electron chi connectivity index (χ2n) is 4.94. The molecule has 7 heteroatoms. The second-order valence-corrected chi connectivity index (χ2v) is 4.94. The van der Waals surface area contributed by atoms with Gasteiger partial charge in [0, 0.05) is 20.2 Å². The molecule has 20 heavy (non-hydrogen) atoms. The fourth-order valence-electron chi connectivity index (χ4n) is 2.12. The van der Waals surface area contributed by atoms with Gasteiger partial charge in [0.25, 0.3) is 0 Å². The van der Waals surface area contributed by atoms with E-state index in [1.807, 2.05) is 0 Å². The van der Waals surface area contributed by atoms with Crippen LogP contribution in [-0.4, -0.2) is 63.8 Å². The summed E-state index contributed by atoms with van der Waals surface area (Å²) in [5, 5.41) is 6.26. The van der Waals surface area contributed by atoms with Gasteiger partial charge in [0.2, 0.25) is 5.91 Å². The van der Waals surface area contributed by atoms with Gasteiger partial charge in [0.15, 0.2) is 0 Å². The largest absolute Gasteiger partial charge is 0.383 e. The Labute approximate surface area is 135 Å². The second kappa shape index (κ2) is 13.9. The molecule has 1 saturated heterocycles. The van der Waals surface area contributed by atoms with Crippen LogP contribution in [0.4, 0.5) is 0 Å². The molecular formula is C13H29Cl2N3O2. The summed E-state index contributed by atoms with van der Waals surface area (Å²) in [5.41, 5.74) is 0. The molecule has 1 aliphatic rings. The zero-order chi connectivity index (χ0) is 13.2. The normalized spacial score (nSPS) is 18.1. The Hall–Kier alpha value is -0.0700. The molecule has 0 bridgehead atoms.